The predicted octanol–water partition coefficient (Wildman–Crippen LogP) is 3.46. The molecular formula is C15H17F2N3O2. The maximum Gasteiger partial charge on any atom is 0.387 e. The van der Waals surface area contributed by atoms with Crippen LogP contribution in [-0.2, 0) is 6.42 Å². The lowest BCUT2D eigenvalue weighted by atomic mass is 10.1. The van der Waals surface area contributed by atoms with Gasteiger partial charge in [0, 0.05) is 17.4 Å². The van der Waals surface area contributed by atoms with Crippen LogP contribution < -0.4 is 10.1 Å². The number of hydrogen-bond donors (Lipinski definition) is 2. The third-order valence-corrected chi connectivity index (χ3v) is 2.81. The first-order chi connectivity index (χ1) is 10.4. The smallest absolute Gasteiger partial charge is 0.387 e. The number of alkyl halides is 2. The number of aromatic amines is 1. The highest BCUT2D eigenvalue weighted by Crippen LogP contribution is 2.20. The van der Waals surface area contributed by atoms with Crippen molar-refractivity contribution in [2.24, 2.45) is 5.92 Å². The molecule has 0 radical (unpaired) electrons. The highest BCUT2D eigenvalue weighted by atomic mass is 19.3. The Balaban J connectivity index is 2.03. The van der Waals surface area contributed by atoms with E-state index in [-0.39, 0.29) is 11.4 Å². The number of amides is 1. The Morgan fingerprint density at radius 2 is 2.14 bits per heavy atom. The average Bonchev–Trinajstić information content (AvgIpc) is 2.86. The van der Waals surface area contributed by atoms with E-state index in [1.54, 1.807) is 12.1 Å². The summed E-state index contributed by atoms with van der Waals surface area (Å²) in [6.45, 7) is 1.22. The molecule has 1 aromatic heterocycles. The first-order valence-electron chi connectivity index (χ1n) is 6.84. The van der Waals surface area contributed by atoms with Gasteiger partial charge in [0.1, 0.15) is 5.75 Å². The van der Waals surface area contributed by atoms with Crippen molar-refractivity contribution in [3.63, 3.8) is 0 Å². The normalized spacial score (nSPS) is 11.0. The fraction of sp³-hybridized carbons (Fsp3) is 0.333. The molecule has 2 aromatic rings. The molecule has 7 heteroatoms. The van der Waals surface area contributed by atoms with Crippen LogP contribution in [0.1, 0.15) is 30.0 Å². The van der Waals surface area contributed by atoms with Crippen molar-refractivity contribution >= 4 is 11.6 Å². The lowest BCUT2D eigenvalue weighted by molar-refractivity contribution is -0.0497. The van der Waals surface area contributed by atoms with Crippen molar-refractivity contribution in [2.45, 2.75) is 26.9 Å². The molecule has 0 fully saturated rings. The zero-order valence-electron chi connectivity index (χ0n) is 12.3. The van der Waals surface area contributed by atoms with Gasteiger partial charge in [-0.05, 0) is 30.5 Å². The molecular weight excluding hydrogens is 292 g/mol. The van der Waals surface area contributed by atoms with Crippen LogP contribution in [0, 0.1) is 5.92 Å². The number of carbonyl (C=O) groups is 1. The molecule has 22 heavy (non-hydrogen) atoms. The summed E-state index contributed by atoms with van der Waals surface area (Å²) in [4.78, 5) is 12.1. The number of halogens is 2. The lowest BCUT2D eigenvalue weighted by Crippen LogP contribution is -2.12. The third-order valence-electron chi connectivity index (χ3n) is 2.81. The maximum atomic E-state index is 12.2. The molecule has 0 saturated carbocycles. The minimum Gasteiger partial charge on any atom is -0.435 e. The molecule has 0 spiro atoms. The Labute approximate surface area is 126 Å². The minimum absolute atomic E-state index is 0.0182. The second-order valence-corrected chi connectivity index (χ2v) is 5.24. The lowest BCUT2D eigenvalue weighted by Gasteiger charge is -2.07. The van der Waals surface area contributed by atoms with Gasteiger partial charge >= 0.3 is 6.61 Å². The Bertz CT molecular complexity index is 641. The number of anilines is 1. The van der Waals surface area contributed by atoms with Gasteiger partial charge in [0.25, 0.3) is 5.91 Å². The molecule has 0 atom stereocenters. The standard InChI is InChI=1S/C15H17F2N3O2/c1-9(2)6-11-8-13(20-19-11)14(21)18-10-4-3-5-12(7-10)22-15(16)17/h3-5,7-9,15H,6H2,1-2H3,(H,18,21)(H,19,20). The number of carbonyl (C=O) groups excluding carboxylic acids is 1. The third kappa shape index (κ3) is 4.54. The Kier molecular flexibility index (Phi) is 5.08. The Morgan fingerprint density at radius 1 is 1.36 bits per heavy atom. The number of aromatic nitrogens is 2. The molecule has 0 aliphatic heterocycles. The monoisotopic (exact) mass is 309 g/mol. The molecule has 1 amide bonds. The van der Waals surface area contributed by atoms with E-state index in [1.807, 2.05) is 0 Å². The fourth-order valence-electron chi connectivity index (χ4n) is 1.97. The summed E-state index contributed by atoms with van der Waals surface area (Å²) < 4.78 is 28.6. The number of ether oxygens (including phenoxy) is 1. The van der Waals surface area contributed by atoms with Gasteiger partial charge in [-0.3, -0.25) is 9.89 Å². The van der Waals surface area contributed by atoms with Crippen LogP contribution in [0.2, 0.25) is 0 Å². The number of nitrogens with one attached hydrogen (secondary N) is 2. The van der Waals surface area contributed by atoms with E-state index in [9.17, 15) is 13.6 Å². The van der Waals surface area contributed by atoms with Crippen LogP contribution in [0.25, 0.3) is 0 Å². The quantitative estimate of drug-likeness (QED) is 0.858. The number of benzene rings is 1. The van der Waals surface area contributed by atoms with Crippen LogP contribution in [0.15, 0.2) is 30.3 Å². The molecule has 0 unspecified atom stereocenters. The SMILES string of the molecule is CC(C)Cc1cc(C(=O)Nc2cccc(OC(F)F)c2)n[nH]1. The van der Waals surface area contributed by atoms with Gasteiger partial charge in [-0.15, -0.1) is 0 Å². The van der Waals surface area contributed by atoms with Crippen molar-refractivity contribution in [1.82, 2.24) is 10.2 Å². The van der Waals surface area contributed by atoms with E-state index in [0.717, 1.165) is 12.1 Å². The van der Waals surface area contributed by atoms with Crippen LogP contribution in [0.3, 0.4) is 0 Å². The Hall–Kier alpha value is -2.44. The molecule has 2 rings (SSSR count). The molecule has 118 valence electrons. The molecule has 2 N–H and O–H groups in total. The van der Waals surface area contributed by atoms with Gasteiger partial charge in [0.15, 0.2) is 5.69 Å². The van der Waals surface area contributed by atoms with Crippen LogP contribution in [0.4, 0.5) is 14.5 Å². The average molecular weight is 309 g/mol. The van der Waals surface area contributed by atoms with Crippen LogP contribution in [-0.4, -0.2) is 22.7 Å². The highest BCUT2D eigenvalue weighted by Gasteiger charge is 2.12. The van der Waals surface area contributed by atoms with Crippen molar-refractivity contribution < 1.29 is 18.3 Å². The number of hydrogen-bond acceptors (Lipinski definition) is 3. The topological polar surface area (TPSA) is 67.0 Å². The molecule has 1 heterocycles. The van der Waals surface area contributed by atoms with Gasteiger partial charge in [-0.1, -0.05) is 19.9 Å². The van der Waals surface area contributed by atoms with E-state index in [1.165, 1.54) is 18.2 Å². The fourth-order valence-corrected chi connectivity index (χ4v) is 1.97. The first-order valence-corrected chi connectivity index (χ1v) is 6.84. The van der Waals surface area contributed by atoms with Gasteiger partial charge in [-0.2, -0.15) is 13.9 Å². The summed E-state index contributed by atoms with van der Waals surface area (Å²) in [5, 5.41) is 9.35. The number of rotatable bonds is 6. The van der Waals surface area contributed by atoms with Crippen molar-refractivity contribution in [1.29, 1.82) is 0 Å². The summed E-state index contributed by atoms with van der Waals surface area (Å²) in [6, 6.07) is 7.48. The molecule has 5 nitrogen and oxygen atoms in total. The van der Waals surface area contributed by atoms with Gasteiger partial charge in [0.05, 0.1) is 0 Å². The first kappa shape index (κ1) is 15.9. The van der Waals surface area contributed by atoms with Crippen molar-refractivity contribution in [2.75, 3.05) is 5.32 Å². The van der Waals surface area contributed by atoms with Crippen LogP contribution >= 0.6 is 0 Å². The second-order valence-electron chi connectivity index (χ2n) is 5.24. The Morgan fingerprint density at radius 3 is 2.82 bits per heavy atom. The molecule has 0 aliphatic carbocycles. The van der Waals surface area contributed by atoms with E-state index in [2.05, 4.69) is 34.1 Å². The largest absolute Gasteiger partial charge is 0.435 e. The van der Waals surface area contributed by atoms with Gasteiger partial charge in [-0.25, -0.2) is 0 Å². The van der Waals surface area contributed by atoms with E-state index < -0.39 is 12.5 Å². The summed E-state index contributed by atoms with van der Waals surface area (Å²) in [7, 11) is 0. The number of nitrogens with zero attached hydrogens (tertiary/aromatic N) is 1. The second kappa shape index (κ2) is 7.02. The van der Waals surface area contributed by atoms with E-state index in [0.29, 0.717) is 11.6 Å². The van der Waals surface area contributed by atoms with Gasteiger partial charge < -0.3 is 10.1 Å². The summed E-state index contributed by atoms with van der Waals surface area (Å²) in [5.74, 6) is 0.00955. The van der Waals surface area contributed by atoms with Crippen LogP contribution in [0.5, 0.6) is 5.75 Å². The van der Waals surface area contributed by atoms with Gasteiger partial charge in [0.2, 0.25) is 0 Å². The number of H-pyrrole nitrogens is 1. The minimum atomic E-state index is -2.91. The molecule has 0 aliphatic rings. The molecule has 1 aromatic carbocycles. The summed E-state index contributed by atoms with van der Waals surface area (Å²) in [5.41, 5.74) is 1.47. The predicted molar refractivity (Wildman–Crippen MR) is 78.2 cm³/mol. The molecule has 0 bridgehead atoms. The van der Waals surface area contributed by atoms with Crippen molar-refractivity contribution in [3.05, 3.63) is 41.7 Å². The highest BCUT2D eigenvalue weighted by molar-refractivity contribution is 6.02. The summed E-state index contributed by atoms with van der Waals surface area (Å²) in [6.07, 6.45) is 0.790. The van der Waals surface area contributed by atoms with E-state index in [4.69, 9.17) is 0 Å². The maximum absolute atomic E-state index is 12.2. The summed E-state index contributed by atoms with van der Waals surface area (Å²) >= 11 is 0. The zero-order valence-corrected chi connectivity index (χ0v) is 12.3. The van der Waals surface area contributed by atoms with Crippen molar-refractivity contribution in [3.8, 4) is 5.75 Å². The molecule has 0 saturated heterocycles. The zero-order chi connectivity index (χ0) is 16.1. The van der Waals surface area contributed by atoms with E-state index >= 15 is 0 Å².